The van der Waals surface area contributed by atoms with Gasteiger partial charge in [-0.15, -0.1) is 16.6 Å². The average Bonchev–Trinajstić information content (AvgIpc) is 3.48. The average molecular weight is 465 g/mol. The van der Waals surface area contributed by atoms with Crippen LogP contribution in [-0.4, -0.2) is 32.9 Å². The molecule has 2 amide bonds. The van der Waals surface area contributed by atoms with Crippen molar-refractivity contribution < 1.29 is 9.90 Å². The van der Waals surface area contributed by atoms with E-state index in [1.165, 1.54) is 0 Å². The van der Waals surface area contributed by atoms with Crippen LogP contribution in [0.15, 0.2) is 36.5 Å². The lowest BCUT2D eigenvalue weighted by molar-refractivity contribution is 0.225. The Morgan fingerprint density at radius 3 is 2.78 bits per heavy atom. The minimum atomic E-state index is -0.705. The third kappa shape index (κ3) is 4.27. The molecule has 1 aromatic carbocycles. The Balaban J connectivity index is 1.54. The van der Waals surface area contributed by atoms with E-state index in [9.17, 15) is 15.2 Å². The summed E-state index contributed by atoms with van der Waals surface area (Å²) >= 11 is 7.64. The van der Waals surface area contributed by atoms with Crippen LogP contribution in [0, 0.1) is 23.7 Å². The van der Waals surface area contributed by atoms with Crippen molar-refractivity contribution in [2.75, 3.05) is 11.9 Å². The number of rotatable bonds is 6. The molecule has 0 saturated heterocycles. The first kappa shape index (κ1) is 21.7. The molecule has 160 valence electrons. The number of urea groups is 1. The number of benzene rings is 1. The van der Waals surface area contributed by atoms with E-state index in [1.54, 1.807) is 30.5 Å². The van der Waals surface area contributed by atoms with Gasteiger partial charge in [-0.1, -0.05) is 41.1 Å². The summed E-state index contributed by atoms with van der Waals surface area (Å²) in [5, 5.41) is 33.1. The molecule has 1 aliphatic carbocycles. The van der Waals surface area contributed by atoms with Crippen molar-refractivity contribution >= 4 is 34.1 Å². The SMILES string of the molecule is C#Cc1nnc(NC(=O)N[C@@H](CO)c2ccc(-c3cccnc3C3(C#N)CC3)c(Cl)c2)s1. The lowest BCUT2D eigenvalue weighted by Crippen LogP contribution is -2.34. The zero-order chi connectivity index (χ0) is 22.7. The summed E-state index contributed by atoms with van der Waals surface area (Å²) in [6, 6.07) is 10.1. The summed E-state index contributed by atoms with van der Waals surface area (Å²) < 4.78 is 0. The van der Waals surface area contributed by atoms with Gasteiger partial charge < -0.3 is 10.4 Å². The number of aliphatic hydroxyl groups excluding tert-OH is 1. The normalized spacial score (nSPS) is 14.6. The lowest BCUT2D eigenvalue weighted by Gasteiger charge is -2.19. The number of anilines is 1. The second-order valence-corrected chi connectivity index (χ2v) is 8.61. The Hall–Kier alpha value is -3.50. The Morgan fingerprint density at radius 2 is 2.16 bits per heavy atom. The molecule has 0 aliphatic heterocycles. The van der Waals surface area contributed by atoms with E-state index < -0.39 is 17.5 Å². The van der Waals surface area contributed by atoms with Gasteiger partial charge in [0.1, 0.15) is 5.41 Å². The number of terminal acetylenes is 1. The molecule has 32 heavy (non-hydrogen) atoms. The van der Waals surface area contributed by atoms with Gasteiger partial charge in [0.05, 0.1) is 24.4 Å². The van der Waals surface area contributed by atoms with Crippen molar-refractivity contribution in [1.29, 1.82) is 5.26 Å². The maximum absolute atomic E-state index is 12.3. The first-order chi connectivity index (χ1) is 15.5. The van der Waals surface area contributed by atoms with Crippen LogP contribution >= 0.6 is 22.9 Å². The molecule has 8 nitrogen and oxygen atoms in total. The minimum absolute atomic E-state index is 0.246. The third-order valence-electron chi connectivity index (χ3n) is 5.17. The Morgan fingerprint density at radius 1 is 1.34 bits per heavy atom. The van der Waals surface area contributed by atoms with E-state index in [2.05, 4.69) is 37.8 Å². The van der Waals surface area contributed by atoms with E-state index in [4.69, 9.17) is 18.0 Å². The molecule has 10 heteroatoms. The standard InChI is InChI=1S/C22H17ClN6O2S/c1-2-18-28-29-21(32-18)27-20(31)26-17(11-30)13-5-6-14(16(23)10-13)15-4-3-9-25-19(15)22(12-24)7-8-22/h1,3-6,9-10,17,30H,7-8,11H2,(H2,26,27,29,31)/t17-/m0/s1. The van der Waals surface area contributed by atoms with Gasteiger partial charge in [0.25, 0.3) is 0 Å². The van der Waals surface area contributed by atoms with Gasteiger partial charge in [0, 0.05) is 22.3 Å². The van der Waals surface area contributed by atoms with Crippen molar-refractivity contribution in [3.8, 4) is 29.5 Å². The summed E-state index contributed by atoms with van der Waals surface area (Å²) in [7, 11) is 0. The quantitative estimate of drug-likeness (QED) is 0.478. The number of pyridine rings is 1. The van der Waals surface area contributed by atoms with Crippen molar-refractivity contribution in [3.05, 3.63) is 57.8 Å². The molecule has 3 N–H and O–H groups in total. The van der Waals surface area contributed by atoms with Crippen molar-refractivity contribution in [1.82, 2.24) is 20.5 Å². The predicted octanol–water partition coefficient (Wildman–Crippen LogP) is 3.65. The topological polar surface area (TPSA) is 124 Å². The highest BCUT2D eigenvalue weighted by Gasteiger charge is 2.47. The first-order valence-corrected chi connectivity index (χ1v) is 10.8. The number of nitrogens with one attached hydrogen (secondary N) is 2. The van der Waals surface area contributed by atoms with Gasteiger partial charge >= 0.3 is 6.03 Å². The van der Waals surface area contributed by atoms with Gasteiger partial charge in [-0.25, -0.2) is 4.79 Å². The van der Waals surface area contributed by atoms with Crippen LogP contribution < -0.4 is 10.6 Å². The van der Waals surface area contributed by atoms with Crippen molar-refractivity contribution in [2.45, 2.75) is 24.3 Å². The fourth-order valence-corrected chi connectivity index (χ4v) is 4.19. The number of aliphatic hydroxyl groups is 1. The molecule has 1 aliphatic rings. The van der Waals surface area contributed by atoms with Gasteiger partial charge in [-0.05, 0) is 36.5 Å². The van der Waals surface area contributed by atoms with Gasteiger partial charge in [0.15, 0.2) is 5.01 Å². The van der Waals surface area contributed by atoms with Crippen LogP contribution in [-0.2, 0) is 5.41 Å². The highest BCUT2D eigenvalue weighted by Crippen LogP contribution is 2.50. The fourth-order valence-electron chi connectivity index (χ4n) is 3.35. The van der Waals surface area contributed by atoms with Gasteiger partial charge in [-0.2, -0.15) is 5.26 Å². The number of carbonyl (C=O) groups excluding carboxylic acids is 1. The molecule has 0 unspecified atom stereocenters. The predicted molar refractivity (Wildman–Crippen MR) is 121 cm³/mol. The monoisotopic (exact) mass is 464 g/mol. The smallest absolute Gasteiger partial charge is 0.321 e. The number of amides is 2. The highest BCUT2D eigenvalue weighted by atomic mass is 35.5. The summed E-state index contributed by atoms with van der Waals surface area (Å²) in [4.78, 5) is 16.8. The van der Waals surface area contributed by atoms with Crippen LogP contribution in [0.5, 0.6) is 0 Å². The van der Waals surface area contributed by atoms with E-state index in [1.807, 2.05) is 6.07 Å². The third-order valence-corrected chi connectivity index (χ3v) is 6.25. The van der Waals surface area contributed by atoms with Crippen molar-refractivity contribution in [2.24, 2.45) is 0 Å². The molecule has 4 rings (SSSR count). The first-order valence-electron chi connectivity index (χ1n) is 9.64. The van der Waals surface area contributed by atoms with E-state index >= 15 is 0 Å². The Bertz CT molecular complexity index is 1260. The molecule has 3 aromatic rings. The summed E-state index contributed by atoms with van der Waals surface area (Å²) in [5.41, 5.74) is 2.31. The number of hydrogen-bond donors (Lipinski definition) is 3. The van der Waals surface area contributed by atoms with E-state index in [0.717, 1.165) is 41.0 Å². The lowest BCUT2D eigenvalue weighted by atomic mass is 9.93. The largest absolute Gasteiger partial charge is 0.394 e. The van der Waals surface area contributed by atoms with E-state index in [-0.39, 0.29) is 11.7 Å². The van der Waals surface area contributed by atoms with Crippen LogP contribution in [0.25, 0.3) is 11.1 Å². The molecule has 0 spiro atoms. The molecule has 2 heterocycles. The van der Waals surface area contributed by atoms with Crippen LogP contribution in [0.4, 0.5) is 9.93 Å². The number of halogens is 1. The molecule has 0 bridgehead atoms. The fraction of sp³-hybridized carbons (Fsp3) is 0.227. The maximum atomic E-state index is 12.3. The molecule has 2 aromatic heterocycles. The van der Waals surface area contributed by atoms with Crippen LogP contribution in [0.2, 0.25) is 5.02 Å². The number of nitriles is 1. The van der Waals surface area contributed by atoms with Gasteiger partial charge in [0.2, 0.25) is 5.13 Å². The molecule has 1 fully saturated rings. The summed E-state index contributed by atoms with van der Waals surface area (Å²) in [6.07, 6.45) is 8.46. The zero-order valence-corrected chi connectivity index (χ0v) is 18.2. The Kier molecular flexibility index (Phi) is 6.06. The van der Waals surface area contributed by atoms with Gasteiger partial charge in [-0.3, -0.25) is 10.3 Å². The second kappa shape index (κ2) is 8.93. The minimum Gasteiger partial charge on any atom is -0.394 e. The molecule has 1 saturated carbocycles. The van der Waals surface area contributed by atoms with Crippen LogP contribution in [0.1, 0.15) is 35.1 Å². The maximum Gasteiger partial charge on any atom is 0.321 e. The van der Waals surface area contributed by atoms with Crippen LogP contribution in [0.3, 0.4) is 0 Å². The highest BCUT2D eigenvalue weighted by molar-refractivity contribution is 7.15. The molecular weight excluding hydrogens is 448 g/mol. The molecule has 0 radical (unpaired) electrons. The summed E-state index contributed by atoms with van der Waals surface area (Å²) in [6.45, 7) is -0.343. The van der Waals surface area contributed by atoms with E-state index in [0.29, 0.717) is 15.6 Å². The Labute approximate surface area is 193 Å². The summed E-state index contributed by atoms with van der Waals surface area (Å²) in [5.74, 6) is 2.34. The van der Waals surface area contributed by atoms with Crippen molar-refractivity contribution in [3.63, 3.8) is 0 Å². The molecule has 1 atom stereocenters. The number of nitrogens with zero attached hydrogens (tertiary/aromatic N) is 4. The number of aromatic nitrogens is 3. The zero-order valence-electron chi connectivity index (χ0n) is 16.7. The second-order valence-electron chi connectivity index (χ2n) is 7.22. The molecular formula is C22H17ClN6O2S. The number of carbonyl (C=O) groups is 1. The number of hydrogen-bond acceptors (Lipinski definition) is 7.